The summed E-state index contributed by atoms with van der Waals surface area (Å²) in [5.74, 6) is -0.632. The molecule has 30 heavy (non-hydrogen) atoms. The van der Waals surface area contributed by atoms with E-state index >= 15 is 0 Å². The smallest absolute Gasteiger partial charge is 0.337 e. The molecule has 6 heteroatoms. The molecule has 0 aliphatic rings. The third kappa shape index (κ3) is 8.39. The van der Waals surface area contributed by atoms with Crippen LogP contribution in [-0.2, 0) is 9.47 Å². The number of ketones is 1. The summed E-state index contributed by atoms with van der Waals surface area (Å²) in [5.41, 5.74) is 2.13. The zero-order valence-corrected chi connectivity index (χ0v) is 17.7. The topological polar surface area (TPSA) is 86.7 Å². The minimum atomic E-state index is -0.396. The third-order valence-corrected chi connectivity index (χ3v) is 4.35. The van der Waals surface area contributed by atoms with Crippen molar-refractivity contribution >= 4 is 24.0 Å². The number of aldehydes is 1. The molecule has 0 aromatic heterocycles. The number of benzene rings is 2. The Morgan fingerprint density at radius 1 is 0.733 bits per heavy atom. The van der Waals surface area contributed by atoms with Crippen LogP contribution in [0.3, 0.4) is 0 Å². The van der Waals surface area contributed by atoms with Crippen LogP contribution in [0.25, 0.3) is 0 Å². The lowest BCUT2D eigenvalue weighted by molar-refractivity contribution is 0.0592. The molecule has 0 amide bonds. The van der Waals surface area contributed by atoms with E-state index in [4.69, 9.17) is 0 Å². The van der Waals surface area contributed by atoms with Crippen molar-refractivity contribution in [2.75, 3.05) is 14.2 Å². The van der Waals surface area contributed by atoms with Crippen LogP contribution >= 0.6 is 0 Å². The summed E-state index contributed by atoms with van der Waals surface area (Å²) in [6.45, 7) is 2.15. The van der Waals surface area contributed by atoms with Crippen LogP contribution in [0.2, 0.25) is 0 Å². The summed E-state index contributed by atoms with van der Waals surface area (Å²) in [6.07, 6.45) is 5.68. The first-order valence-corrected chi connectivity index (χ1v) is 9.81. The second kappa shape index (κ2) is 13.8. The first kappa shape index (κ1) is 24.8. The summed E-state index contributed by atoms with van der Waals surface area (Å²) in [5, 5.41) is 0. The molecule has 0 aliphatic heterocycles. The number of ether oxygens (including phenoxy) is 2. The van der Waals surface area contributed by atoms with Crippen molar-refractivity contribution in [3.63, 3.8) is 0 Å². The van der Waals surface area contributed by atoms with Crippen molar-refractivity contribution in [1.29, 1.82) is 0 Å². The highest BCUT2D eigenvalue weighted by atomic mass is 16.5. The van der Waals surface area contributed by atoms with Crippen LogP contribution in [0.15, 0.2) is 48.5 Å². The molecule has 0 saturated heterocycles. The largest absolute Gasteiger partial charge is 0.465 e. The lowest BCUT2D eigenvalue weighted by Gasteiger charge is -2.03. The van der Waals surface area contributed by atoms with Crippen molar-refractivity contribution in [3.05, 3.63) is 70.8 Å². The second-order valence-electron chi connectivity index (χ2n) is 6.53. The molecule has 160 valence electrons. The molecule has 6 nitrogen and oxygen atoms in total. The Morgan fingerprint density at radius 2 is 1.20 bits per heavy atom. The second-order valence-corrected chi connectivity index (χ2v) is 6.53. The fraction of sp³-hybridized carbons (Fsp3) is 0.333. The summed E-state index contributed by atoms with van der Waals surface area (Å²) in [7, 11) is 2.66. The van der Waals surface area contributed by atoms with Crippen molar-refractivity contribution in [2.45, 2.75) is 39.0 Å². The lowest BCUT2D eigenvalue weighted by atomic mass is 10.0. The van der Waals surface area contributed by atoms with Crippen molar-refractivity contribution < 1.29 is 28.7 Å². The summed E-state index contributed by atoms with van der Waals surface area (Å²) in [6, 6.07) is 12.9. The first-order chi connectivity index (χ1) is 14.5. The van der Waals surface area contributed by atoms with Gasteiger partial charge in [0.2, 0.25) is 0 Å². The Labute approximate surface area is 177 Å². The standard InChI is InChI=1S/C15H20O3.C9H8O3/c1-3-4-5-6-7-14(16)12-8-10-13(11-9-12)15(17)18-2;1-12-9(11)8-4-2-7(6-10)3-5-8/h8-11H,3-7H2,1-2H3;2-6H,1H3. The number of unbranched alkanes of at least 4 members (excludes halogenated alkanes) is 3. The van der Waals surface area contributed by atoms with Crippen molar-refractivity contribution in [1.82, 2.24) is 0 Å². The number of Topliss-reactive ketones (excluding diaryl/α,β-unsaturated/α-hetero) is 1. The van der Waals surface area contributed by atoms with Gasteiger partial charge in [-0.05, 0) is 30.7 Å². The predicted octanol–water partition coefficient (Wildman–Crippen LogP) is 4.91. The van der Waals surface area contributed by atoms with Gasteiger partial charge in [0, 0.05) is 17.5 Å². The van der Waals surface area contributed by atoms with Crippen LogP contribution in [0.4, 0.5) is 0 Å². The van der Waals surface area contributed by atoms with E-state index in [0.717, 1.165) is 19.1 Å². The van der Waals surface area contributed by atoms with Gasteiger partial charge in [0.05, 0.1) is 25.3 Å². The van der Waals surface area contributed by atoms with Gasteiger partial charge in [0.25, 0.3) is 0 Å². The van der Waals surface area contributed by atoms with Gasteiger partial charge in [-0.1, -0.05) is 50.5 Å². The fourth-order valence-electron chi connectivity index (χ4n) is 2.58. The molecule has 2 aromatic rings. The molecule has 0 aliphatic carbocycles. The number of hydrogen-bond donors (Lipinski definition) is 0. The van der Waals surface area contributed by atoms with Crippen molar-refractivity contribution in [2.24, 2.45) is 0 Å². The van der Waals surface area contributed by atoms with E-state index in [1.807, 2.05) is 0 Å². The molecule has 0 atom stereocenters. The van der Waals surface area contributed by atoms with E-state index in [9.17, 15) is 19.2 Å². The Bertz CT molecular complexity index is 822. The number of rotatable bonds is 9. The number of carbonyl (C=O) groups excluding carboxylic acids is 4. The van der Waals surface area contributed by atoms with E-state index in [2.05, 4.69) is 16.4 Å². The highest BCUT2D eigenvalue weighted by Gasteiger charge is 2.08. The molecule has 0 spiro atoms. The van der Waals surface area contributed by atoms with Crippen LogP contribution in [-0.4, -0.2) is 38.2 Å². The normalized spacial score (nSPS) is 9.70. The first-order valence-electron chi connectivity index (χ1n) is 9.81. The molecule has 0 bridgehead atoms. The van der Waals surface area contributed by atoms with Gasteiger partial charge in [-0.15, -0.1) is 0 Å². The van der Waals surface area contributed by atoms with Gasteiger partial charge in [-0.2, -0.15) is 0 Å². The molecule has 0 saturated carbocycles. The number of methoxy groups -OCH3 is 2. The van der Waals surface area contributed by atoms with E-state index in [1.165, 1.54) is 27.1 Å². The third-order valence-electron chi connectivity index (χ3n) is 4.35. The van der Waals surface area contributed by atoms with E-state index in [-0.39, 0.29) is 11.8 Å². The molecule has 0 unspecified atom stereocenters. The highest BCUT2D eigenvalue weighted by molar-refractivity contribution is 5.97. The summed E-state index contributed by atoms with van der Waals surface area (Å²) in [4.78, 5) is 44.2. The number of hydrogen-bond acceptors (Lipinski definition) is 6. The molecule has 0 N–H and O–H groups in total. The zero-order chi connectivity index (χ0) is 22.4. The van der Waals surface area contributed by atoms with E-state index in [1.54, 1.807) is 48.5 Å². The quantitative estimate of drug-likeness (QED) is 0.252. The number of carbonyl (C=O) groups is 4. The SMILES string of the molecule is CCCCCCC(=O)c1ccc(C(=O)OC)cc1.COC(=O)c1ccc(C=O)cc1. The van der Waals surface area contributed by atoms with Crippen LogP contribution in [0, 0.1) is 0 Å². The lowest BCUT2D eigenvalue weighted by Crippen LogP contribution is -2.03. The van der Waals surface area contributed by atoms with Crippen LogP contribution < -0.4 is 0 Å². The molecule has 0 heterocycles. The molecular weight excluding hydrogens is 384 g/mol. The Hall–Kier alpha value is -3.28. The van der Waals surface area contributed by atoms with E-state index < -0.39 is 5.97 Å². The Kier molecular flexibility index (Phi) is 11.4. The fourth-order valence-corrected chi connectivity index (χ4v) is 2.58. The zero-order valence-electron chi connectivity index (χ0n) is 17.7. The van der Waals surface area contributed by atoms with Gasteiger partial charge >= 0.3 is 11.9 Å². The van der Waals surface area contributed by atoms with Gasteiger partial charge in [0.1, 0.15) is 6.29 Å². The Morgan fingerprint density at radius 3 is 1.63 bits per heavy atom. The number of esters is 2. The maximum absolute atomic E-state index is 11.8. The molecular formula is C24H28O6. The summed E-state index contributed by atoms with van der Waals surface area (Å²) >= 11 is 0. The maximum Gasteiger partial charge on any atom is 0.337 e. The highest BCUT2D eigenvalue weighted by Crippen LogP contribution is 2.11. The van der Waals surface area contributed by atoms with Gasteiger partial charge in [0.15, 0.2) is 5.78 Å². The Balaban J connectivity index is 0.000000325. The average Bonchev–Trinajstić information content (AvgIpc) is 2.81. The van der Waals surface area contributed by atoms with Gasteiger partial charge in [-0.3, -0.25) is 9.59 Å². The minimum absolute atomic E-state index is 0.141. The monoisotopic (exact) mass is 412 g/mol. The minimum Gasteiger partial charge on any atom is -0.465 e. The van der Waals surface area contributed by atoms with Gasteiger partial charge < -0.3 is 9.47 Å². The molecule has 0 fully saturated rings. The molecule has 2 rings (SSSR count). The van der Waals surface area contributed by atoms with Crippen LogP contribution in [0.5, 0.6) is 0 Å². The predicted molar refractivity (Wildman–Crippen MR) is 114 cm³/mol. The van der Waals surface area contributed by atoms with E-state index in [0.29, 0.717) is 28.7 Å². The van der Waals surface area contributed by atoms with Crippen LogP contribution in [0.1, 0.15) is 80.5 Å². The maximum atomic E-state index is 11.8. The summed E-state index contributed by atoms with van der Waals surface area (Å²) < 4.78 is 9.09. The molecule has 0 radical (unpaired) electrons. The average molecular weight is 412 g/mol. The van der Waals surface area contributed by atoms with Crippen molar-refractivity contribution in [3.8, 4) is 0 Å². The van der Waals surface area contributed by atoms with Gasteiger partial charge in [-0.25, -0.2) is 9.59 Å². The molecule has 2 aromatic carbocycles.